The minimum atomic E-state index is 0.0637. The number of hydrogen-bond acceptors (Lipinski definition) is 3. The number of halogens is 1. The summed E-state index contributed by atoms with van der Waals surface area (Å²) in [6.45, 7) is 7.11. The molecule has 0 amide bonds. The SMILES string of the molecule is Cn1cc(Oc2ccc(CNC(C)(C)C)c(Cl)c2)cn1. The molecule has 2 aromatic rings. The first-order valence-corrected chi connectivity index (χ1v) is 6.91. The molecule has 0 atom stereocenters. The lowest BCUT2D eigenvalue weighted by atomic mass is 10.1. The van der Waals surface area contributed by atoms with E-state index in [2.05, 4.69) is 31.2 Å². The fourth-order valence-electron chi connectivity index (χ4n) is 1.68. The van der Waals surface area contributed by atoms with E-state index in [4.69, 9.17) is 16.3 Å². The van der Waals surface area contributed by atoms with Gasteiger partial charge in [0, 0.05) is 24.2 Å². The van der Waals surface area contributed by atoms with E-state index in [1.54, 1.807) is 10.9 Å². The van der Waals surface area contributed by atoms with Crippen molar-refractivity contribution in [1.29, 1.82) is 0 Å². The number of nitrogens with one attached hydrogen (secondary N) is 1. The minimum Gasteiger partial charge on any atom is -0.454 e. The number of ether oxygens (including phenoxy) is 1. The highest BCUT2D eigenvalue weighted by molar-refractivity contribution is 6.31. The van der Waals surface area contributed by atoms with Crippen LogP contribution in [-0.4, -0.2) is 15.3 Å². The van der Waals surface area contributed by atoms with Crippen LogP contribution in [-0.2, 0) is 13.6 Å². The summed E-state index contributed by atoms with van der Waals surface area (Å²) in [5, 5.41) is 8.17. The summed E-state index contributed by atoms with van der Waals surface area (Å²) in [5.74, 6) is 1.41. The van der Waals surface area contributed by atoms with Gasteiger partial charge >= 0.3 is 0 Å². The van der Waals surface area contributed by atoms with Crippen molar-refractivity contribution < 1.29 is 4.74 Å². The molecule has 5 heteroatoms. The summed E-state index contributed by atoms with van der Waals surface area (Å²) in [7, 11) is 1.85. The summed E-state index contributed by atoms with van der Waals surface area (Å²) in [5.41, 5.74) is 1.12. The van der Waals surface area contributed by atoms with Crippen molar-refractivity contribution in [3.8, 4) is 11.5 Å². The first-order valence-electron chi connectivity index (χ1n) is 6.53. The Balaban J connectivity index is 2.05. The molecule has 20 heavy (non-hydrogen) atoms. The molecule has 1 heterocycles. The molecule has 0 spiro atoms. The van der Waals surface area contributed by atoms with Gasteiger partial charge in [-0.3, -0.25) is 4.68 Å². The van der Waals surface area contributed by atoms with Gasteiger partial charge in [0.15, 0.2) is 5.75 Å². The van der Waals surface area contributed by atoms with Gasteiger partial charge in [-0.2, -0.15) is 5.10 Å². The van der Waals surface area contributed by atoms with E-state index in [1.165, 1.54) is 0 Å². The zero-order valence-corrected chi connectivity index (χ0v) is 13.0. The van der Waals surface area contributed by atoms with Crippen molar-refractivity contribution in [3.05, 3.63) is 41.2 Å². The van der Waals surface area contributed by atoms with E-state index in [1.807, 2.05) is 31.4 Å². The maximum Gasteiger partial charge on any atom is 0.165 e. The normalized spacial score (nSPS) is 11.7. The van der Waals surface area contributed by atoms with E-state index >= 15 is 0 Å². The maximum atomic E-state index is 6.29. The second-order valence-corrected chi connectivity index (χ2v) is 6.22. The molecule has 4 nitrogen and oxygen atoms in total. The fraction of sp³-hybridized carbons (Fsp3) is 0.400. The Labute approximate surface area is 124 Å². The molecule has 0 saturated heterocycles. The Morgan fingerprint density at radius 1 is 1.30 bits per heavy atom. The molecule has 0 aliphatic heterocycles. The van der Waals surface area contributed by atoms with E-state index in [9.17, 15) is 0 Å². The van der Waals surface area contributed by atoms with Crippen molar-refractivity contribution in [2.45, 2.75) is 32.9 Å². The van der Waals surface area contributed by atoms with Crippen LogP contribution in [0.5, 0.6) is 11.5 Å². The lowest BCUT2D eigenvalue weighted by molar-refractivity contribution is 0.424. The molecule has 2 rings (SSSR count). The van der Waals surface area contributed by atoms with Crippen molar-refractivity contribution in [2.24, 2.45) is 7.05 Å². The Kier molecular flexibility index (Phi) is 4.35. The molecule has 1 aromatic carbocycles. The number of hydrogen-bond donors (Lipinski definition) is 1. The van der Waals surface area contributed by atoms with Gasteiger partial charge in [0.25, 0.3) is 0 Å². The number of nitrogens with zero attached hydrogens (tertiary/aromatic N) is 2. The van der Waals surface area contributed by atoms with E-state index in [0.29, 0.717) is 16.5 Å². The van der Waals surface area contributed by atoms with Crippen LogP contribution in [0.2, 0.25) is 5.02 Å². The first kappa shape index (κ1) is 14.9. The molecule has 0 saturated carbocycles. The molecule has 108 valence electrons. The zero-order valence-electron chi connectivity index (χ0n) is 12.3. The van der Waals surface area contributed by atoms with Gasteiger partial charge in [0.1, 0.15) is 5.75 Å². The molecule has 1 N–H and O–H groups in total. The second kappa shape index (κ2) is 5.85. The minimum absolute atomic E-state index is 0.0637. The van der Waals surface area contributed by atoms with Gasteiger partial charge in [0.05, 0.1) is 12.4 Å². The predicted octanol–water partition coefficient (Wildman–Crippen LogP) is 3.75. The number of rotatable bonds is 4. The number of aryl methyl sites for hydroxylation is 1. The van der Waals surface area contributed by atoms with E-state index in [0.717, 1.165) is 12.1 Å². The second-order valence-electron chi connectivity index (χ2n) is 5.81. The highest BCUT2D eigenvalue weighted by atomic mass is 35.5. The third-order valence-corrected chi connectivity index (χ3v) is 3.10. The molecule has 0 aliphatic carbocycles. The summed E-state index contributed by atoms with van der Waals surface area (Å²) in [6.07, 6.45) is 3.48. The van der Waals surface area contributed by atoms with Crippen LogP contribution in [0.4, 0.5) is 0 Å². The molecule has 0 bridgehead atoms. The van der Waals surface area contributed by atoms with E-state index in [-0.39, 0.29) is 5.54 Å². The van der Waals surface area contributed by atoms with Crippen molar-refractivity contribution >= 4 is 11.6 Å². The summed E-state index contributed by atoms with van der Waals surface area (Å²) < 4.78 is 7.39. The Morgan fingerprint density at radius 3 is 2.60 bits per heavy atom. The Bertz CT molecular complexity index is 587. The van der Waals surface area contributed by atoms with Crippen LogP contribution in [0.15, 0.2) is 30.6 Å². The van der Waals surface area contributed by atoms with Crippen LogP contribution < -0.4 is 10.1 Å². The van der Waals surface area contributed by atoms with Crippen molar-refractivity contribution in [1.82, 2.24) is 15.1 Å². The Hall–Kier alpha value is -1.52. The summed E-state index contributed by atoms with van der Waals surface area (Å²) in [6, 6.07) is 5.72. The van der Waals surface area contributed by atoms with Gasteiger partial charge in [-0.05, 0) is 38.5 Å². The highest BCUT2D eigenvalue weighted by Gasteiger charge is 2.10. The monoisotopic (exact) mass is 293 g/mol. The molecule has 0 aliphatic rings. The van der Waals surface area contributed by atoms with Crippen molar-refractivity contribution in [2.75, 3.05) is 0 Å². The van der Waals surface area contributed by atoms with Crippen LogP contribution in [0.25, 0.3) is 0 Å². The summed E-state index contributed by atoms with van der Waals surface area (Å²) >= 11 is 6.29. The predicted molar refractivity (Wildman–Crippen MR) is 81.3 cm³/mol. The molecular formula is C15H20ClN3O. The van der Waals surface area contributed by atoms with Gasteiger partial charge in [-0.25, -0.2) is 0 Å². The van der Waals surface area contributed by atoms with Gasteiger partial charge in [-0.1, -0.05) is 17.7 Å². The average molecular weight is 294 g/mol. The molecule has 0 fully saturated rings. The van der Waals surface area contributed by atoms with Gasteiger partial charge in [0.2, 0.25) is 0 Å². The van der Waals surface area contributed by atoms with E-state index < -0.39 is 0 Å². The van der Waals surface area contributed by atoms with Crippen LogP contribution in [0, 0.1) is 0 Å². The smallest absolute Gasteiger partial charge is 0.165 e. The lowest BCUT2D eigenvalue weighted by Gasteiger charge is -2.21. The third-order valence-electron chi connectivity index (χ3n) is 2.75. The third kappa shape index (κ3) is 4.25. The van der Waals surface area contributed by atoms with Gasteiger partial charge in [-0.15, -0.1) is 0 Å². The van der Waals surface area contributed by atoms with Gasteiger partial charge < -0.3 is 10.1 Å². The largest absolute Gasteiger partial charge is 0.454 e. The molecule has 0 radical (unpaired) electrons. The molecular weight excluding hydrogens is 274 g/mol. The molecule has 0 unspecified atom stereocenters. The molecule has 1 aromatic heterocycles. The lowest BCUT2D eigenvalue weighted by Crippen LogP contribution is -2.35. The topological polar surface area (TPSA) is 39.1 Å². The van der Waals surface area contributed by atoms with Crippen LogP contribution in [0.3, 0.4) is 0 Å². The summed E-state index contributed by atoms with van der Waals surface area (Å²) in [4.78, 5) is 0. The van der Waals surface area contributed by atoms with Crippen LogP contribution >= 0.6 is 11.6 Å². The Morgan fingerprint density at radius 2 is 2.05 bits per heavy atom. The average Bonchev–Trinajstić information content (AvgIpc) is 2.72. The van der Waals surface area contributed by atoms with Crippen molar-refractivity contribution in [3.63, 3.8) is 0 Å². The number of aromatic nitrogens is 2. The first-order chi connectivity index (χ1) is 9.33. The maximum absolute atomic E-state index is 6.29. The standard InChI is InChI=1S/C15H20ClN3O/c1-15(2,3)17-8-11-5-6-12(7-14(11)16)20-13-9-18-19(4)10-13/h5-7,9-10,17H,8H2,1-4H3. The highest BCUT2D eigenvalue weighted by Crippen LogP contribution is 2.26. The quantitative estimate of drug-likeness (QED) is 0.933. The fourth-order valence-corrected chi connectivity index (χ4v) is 1.92. The number of benzene rings is 1. The zero-order chi connectivity index (χ0) is 14.8. The van der Waals surface area contributed by atoms with Crippen LogP contribution in [0.1, 0.15) is 26.3 Å².